The lowest BCUT2D eigenvalue weighted by atomic mass is 9.98. The minimum absolute atomic E-state index is 0.0882. The van der Waals surface area contributed by atoms with Gasteiger partial charge >= 0.3 is 12.1 Å². The molecule has 2 N–H and O–H groups in total. The minimum atomic E-state index is -1.20. The summed E-state index contributed by atoms with van der Waals surface area (Å²) in [4.78, 5) is 36.7. The summed E-state index contributed by atoms with van der Waals surface area (Å²) in [5.74, 6) is 0.318. The summed E-state index contributed by atoms with van der Waals surface area (Å²) < 4.78 is 10.5. The van der Waals surface area contributed by atoms with E-state index >= 15 is 0 Å². The number of benzene rings is 2. The zero-order chi connectivity index (χ0) is 23.1. The maximum atomic E-state index is 12.5. The largest absolute Gasteiger partial charge is 0.480 e. The molecule has 0 bridgehead atoms. The molecule has 0 saturated heterocycles. The van der Waals surface area contributed by atoms with Gasteiger partial charge in [-0.1, -0.05) is 54.5 Å². The molecule has 1 aliphatic rings. The van der Waals surface area contributed by atoms with Gasteiger partial charge in [-0.05, 0) is 22.3 Å². The number of carbonyl (C=O) groups is 3. The number of rotatable bonds is 9. The van der Waals surface area contributed by atoms with Gasteiger partial charge in [-0.15, -0.1) is 6.42 Å². The number of terminal acetylenes is 1. The van der Waals surface area contributed by atoms with Crippen LogP contribution >= 0.6 is 0 Å². The molecule has 0 fully saturated rings. The summed E-state index contributed by atoms with van der Waals surface area (Å²) >= 11 is 0. The molecule has 2 aromatic carbocycles. The quantitative estimate of drug-likeness (QED) is 0.583. The average molecular weight is 436 g/mol. The molecule has 0 saturated carbocycles. The predicted octanol–water partition coefficient (Wildman–Crippen LogP) is 2.09. The lowest BCUT2D eigenvalue weighted by Gasteiger charge is -2.23. The zero-order valence-electron chi connectivity index (χ0n) is 17.6. The third-order valence-corrected chi connectivity index (χ3v) is 5.26. The van der Waals surface area contributed by atoms with Crippen LogP contribution in [0.2, 0.25) is 0 Å². The molecule has 1 atom stereocenters. The van der Waals surface area contributed by atoms with Crippen molar-refractivity contribution in [2.24, 2.45) is 0 Å². The Morgan fingerprint density at radius 3 is 2.25 bits per heavy atom. The second-order valence-corrected chi connectivity index (χ2v) is 7.22. The Morgan fingerprint density at radius 1 is 1.12 bits per heavy atom. The number of carbonyl (C=O) groups excluding carboxylic acids is 2. The number of alkyl carbamates (subject to hydrolysis) is 1. The molecule has 2 aromatic rings. The maximum Gasteiger partial charge on any atom is 0.407 e. The number of hydrogen-bond acceptors (Lipinski definition) is 5. The van der Waals surface area contributed by atoms with Gasteiger partial charge in [0.2, 0.25) is 0 Å². The summed E-state index contributed by atoms with van der Waals surface area (Å²) in [5.41, 5.74) is 4.42. The Balaban J connectivity index is 1.59. The van der Waals surface area contributed by atoms with Gasteiger partial charge in [0, 0.05) is 13.0 Å². The number of methoxy groups -OCH3 is 1. The summed E-state index contributed by atoms with van der Waals surface area (Å²) in [6.45, 7) is -0.801. The Morgan fingerprint density at radius 2 is 1.72 bits per heavy atom. The fourth-order valence-corrected chi connectivity index (χ4v) is 3.79. The van der Waals surface area contributed by atoms with Gasteiger partial charge in [-0.25, -0.2) is 4.79 Å². The lowest BCUT2D eigenvalue weighted by Crippen LogP contribution is -2.47. The third kappa shape index (κ3) is 5.07. The molecular weight excluding hydrogens is 412 g/mol. The Bertz CT molecular complexity index is 999. The van der Waals surface area contributed by atoms with Gasteiger partial charge in [0.15, 0.2) is 6.10 Å². The number of amides is 2. The van der Waals surface area contributed by atoms with Gasteiger partial charge in [-0.3, -0.25) is 9.59 Å². The Kier molecular flexibility index (Phi) is 7.47. The molecule has 0 aromatic heterocycles. The molecule has 0 spiro atoms. The van der Waals surface area contributed by atoms with Crippen molar-refractivity contribution in [1.82, 2.24) is 10.2 Å². The molecule has 0 heterocycles. The third-order valence-electron chi connectivity index (χ3n) is 5.26. The van der Waals surface area contributed by atoms with E-state index in [1.807, 2.05) is 48.5 Å². The van der Waals surface area contributed by atoms with Gasteiger partial charge in [0.05, 0.1) is 13.1 Å². The number of fused-ring (bicyclic) bond motifs is 3. The van der Waals surface area contributed by atoms with Crippen molar-refractivity contribution in [1.29, 1.82) is 0 Å². The van der Waals surface area contributed by atoms with Crippen LogP contribution in [-0.2, 0) is 19.1 Å². The summed E-state index contributed by atoms with van der Waals surface area (Å²) in [6.07, 6.45) is 3.41. The summed E-state index contributed by atoms with van der Waals surface area (Å²) in [5, 5.41) is 11.5. The van der Waals surface area contributed by atoms with Gasteiger partial charge in [0.1, 0.15) is 13.2 Å². The van der Waals surface area contributed by atoms with E-state index < -0.39 is 30.6 Å². The van der Waals surface area contributed by atoms with Gasteiger partial charge in [-0.2, -0.15) is 0 Å². The molecule has 3 rings (SSSR count). The van der Waals surface area contributed by atoms with Crippen LogP contribution in [0.3, 0.4) is 0 Å². The zero-order valence-corrected chi connectivity index (χ0v) is 17.6. The molecule has 0 radical (unpaired) electrons. The van der Waals surface area contributed by atoms with Crippen LogP contribution in [0.5, 0.6) is 0 Å². The van der Waals surface area contributed by atoms with E-state index in [2.05, 4.69) is 11.2 Å². The first kappa shape index (κ1) is 22.8. The first-order valence-corrected chi connectivity index (χ1v) is 10.0. The Hall–Kier alpha value is -3.83. The van der Waals surface area contributed by atoms with Crippen molar-refractivity contribution < 1.29 is 29.0 Å². The van der Waals surface area contributed by atoms with E-state index in [0.717, 1.165) is 27.2 Å². The highest BCUT2D eigenvalue weighted by molar-refractivity contribution is 5.85. The van der Waals surface area contributed by atoms with E-state index in [9.17, 15) is 14.4 Å². The van der Waals surface area contributed by atoms with Crippen LogP contribution < -0.4 is 5.32 Å². The molecule has 166 valence electrons. The number of ether oxygens (including phenoxy) is 2. The first-order valence-electron chi connectivity index (χ1n) is 10.0. The molecule has 1 aliphatic carbocycles. The topological polar surface area (TPSA) is 105 Å². The number of carboxylic acids is 1. The van der Waals surface area contributed by atoms with E-state index in [0.29, 0.717) is 0 Å². The maximum absolute atomic E-state index is 12.5. The second kappa shape index (κ2) is 10.5. The van der Waals surface area contributed by atoms with E-state index in [1.165, 1.54) is 7.11 Å². The number of aliphatic carboxylic acids is 1. The van der Waals surface area contributed by atoms with Crippen molar-refractivity contribution in [3.63, 3.8) is 0 Å². The van der Waals surface area contributed by atoms with E-state index in [1.54, 1.807) is 0 Å². The minimum Gasteiger partial charge on any atom is -0.480 e. The molecule has 8 nitrogen and oxygen atoms in total. The number of carboxylic acid groups (broad SMARTS) is 1. The molecular formula is C24H24N2O6. The number of hydrogen-bond donors (Lipinski definition) is 2. The molecule has 32 heavy (non-hydrogen) atoms. The molecule has 2 amide bonds. The van der Waals surface area contributed by atoms with Crippen molar-refractivity contribution in [3.05, 3.63) is 59.7 Å². The van der Waals surface area contributed by atoms with Crippen molar-refractivity contribution in [2.75, 3.05) is 33.4 Å². The van der Waals surface area contributed by atoms with Crippen molar-refractivity contribution in [3.8, 4) is 23.5 Å². The standard InChI is InChI=1S/C24H24N2O6/c1-3-12-26(14-22(27)28)23(29)21(31-2)13-25-24(30)32-15-20-18-10-6-4-8-16(18)17-9-5-7-11-19(17)20/h1,4-11,20-21H,12-15H2,2H3,(H,25,30)(H,27,28). The number of nitrogens with zero attached hydrogens (tertiary/aromatic N) is 1. The van der Waals surface area contributed by atoms with Crippen molar-refractivity contribution >= 4 is 18.0 Å². The van der Waals surface area contributed by atoms with Crippen molar-refractivity contribution in [2.45, 2.75) is 12.0 Å². The first-order chi connectivity index (χ1) is 15.5. The van der Waals surface area contributed by atoms with Gasteiger partial charge in [0.25, 0.3) is 5.91 Å². The van der Waals surface area contributed by atoms with Crippen LogP contribution in [0.1, 0.15) is 17.0 Å². The smallest absolute Gasteiger partial charge is 0.407 e. The van der Waals surface area contributed by atoms with E-state index in [4.69, 9.17) is 21.0 Å². The van der Waals surface area contributed by atoms with Crippen LogP contribution in [0.4, 0.5) is 4.79 Å². The van der Waals surface area contributed by atoms with Crippen LogP contribution in [0, 0.1) is 12.3 Å². The predicted molar refractivity (Wildman–Crippen MR) is 117 cm³/mol. The second-order valence-electron chi connectivity index (χ2n) is 7.22. The highest BCUT2D eigenvalue weighted by Gasteiger charge is 2.30. The van der Waals surface area contributed by atoms with Crippen LogP contribution in [-0.4, -0.2) is 67.4 Å². The highest BCUT2D eigenvalue weighted by atomic mass is 16.5. The fraction of sp³-hybridized carbons (Fsp3) is 0.292. The summed E-state index contributed by atoms with van der Waals surface area (Å²) in [7, 11) is 1.29. The fourth-order valence-electron chi connectivity index (χ4n) is 3.79. The van der Waals surface area contributed by atoms with Crippen LogP contribution in [0.25, 0.3) is 11.1 Å². The molecule has 1 unspecified atom stereocenters. The van der Waals surface area contributed by atoms with Crippen LogP contribution in [0.15, 0.2) is 48.5 Å². The Labute approximate surface area is 186 Å². The highest BCUT2D eigenvalue weighted by Crippen LogP contribution is 2.44. The summed E-state index contributed by atoms with van der Waals surface area (Å²) in [6, 6.07) is 16.0. The molecule has 0 aliphatic heterocycles. The van der Waals surface area contributed by atoms with Gasteiger partial charge < -0.3 is 24.8 Å². The lowest BCUT2D eigenvalue weighted by molar-refractivity contribution is -0.148. The number of nitrogens with one attached hydrogen (secondary N) is 1. The monoisotopic (exact) mass is 436 g/mol. The SMILES string of the molecule is C#CCN(CC(=O)O)C(=O)C(CNC(=O)OCC1c2ccccc2-c2ccccc21)OC. The van der Waals surface area contributed by atoms with E-state index in [-0.39, 0.29) is 25.6 Å². The normalized spacial score (nSPS) is 12.8. The average Bonchev–Trinajstić information content (AvgIpc) is 3.11. The molecule has 8 heteroatoms.